The van der Waals surface area contributed by atoms with E-state index < -0.39 is 0 Å². The largest absolute Gasteiger partial charge is 0.466 e. The summed E-state index contributed by atoms with van der Waals surface area (Å²) < 4.78 is 5.05. The average Bonchev–Trinajstić information content (AvgIpc) is 2.78. The number of carbonyl (C=O) groups is 1. The van der Waals surface area contributed by atoms with Crippen LogP contribution in [-0.2, 0) is 9.53 Å². The predicted octanol–water partition coefficient (Wildman–Crippen LogP) is 3.90. The van der Waals surface area contributed by atoms with E-state index in [4.69, 9.17) is 4.74 Å². The number of benzene rings is 1. The number of hydrogen-bond donors (Lipinski definition) is 0. The summed E-state index contributed by atoms with van der Waals surface area (Å²) in [7, 11) is 0. The Morgan fingerprint density at radius 1 is 1.33 bits per heavy atom. The summed E-state index contributed by atoms with van der Waals surface area (Å²) in [6.45, 7) is 2.35. The highest BCUT2D eigenvalue weighted by molar-refractivity contribution is 8.00. The smallest absolute Gasteiger partial charge is 0.306 e. The molecule has 1 aromatic carbocycles. The molecule has 1 aliphatic carbocycles. The van der Waals surface area contributed by atoms with Crippen LogP contribution in [0, 0.1) is 5.92 Å². The van der Waals surface area contributed by atoms with Crippen LogP contribution >= 0.6 is 11.8 Å². The molecule has 0 spiro atoms. The van der Waals surface area contributed by atoms with Crippen molar-refractivity contribution < 1.29 is 9.53 Å². The van der Waals surface area contributed by atoms with Gasteiger partial charge in [-0.05, 0) is 37.8 Å². The summed E-state index contributed by atoms with van der Waals surface area (Å²) in [4.78, 5) is 12.9. The minimum absolute atomic E-state index is 0.0388. The number of hydrogen-bond acceptors (Lipinski definition) is 3. The van der Waals surface area contributed by atoms with Gasteiger partial charge in [-0.15, -0.1) is 11.8 Å². The SMILES string of the molecule is CCOC(=O)C[C@H]1CCC[C@@H]1Sc1ccccc1. The van der Waals surface area contributed by atoms with E-state index in [1.807, 2.05) is 24.8 Å². The molecule has 1 aliphatic rings. The van der Waals surface area contributed by atoms with Gasteiger partial charge in [0.25, 0.3) is 0 Å². The summed E-state index contributed by atoms with van der Waals surface area (Å²) in [5.74, 6) is 0.442. The molecular weight excluding hydrogens is 244 g/mol. The van der Waals surface area contributed by atoms with Crippen molar-refractivity contribution in [2.45, 2.75) is 42.8 Å². The molecule has 98 valence electrons. The van der Waals surface area contributed by atoms with Gasteiger partial charge in [-0.1, -0.05) is 24.6 Å². The van der Waals surface area contributed by atoms with Crippen LogP contribution in [0.3, 0.4) is 0 Å². The van der Waals surface area contributed by atoms with Crippen molar-refractivity contribution in [1.29, 1.82) is 0 Å². The molecule has 0 radical (unpaired) electrons. The normalized spacial score (nSPS) is 22.9. The van der Waals surface area contributed by atoms with Crippen molar-refractivity contribution in [3.05, 3.63) is 30.3 Å². The number of thioether (sulfide) groups is 1. The monoisotopic (exact) mass is 264 g/mol. The van der Waals surface area contributed by atoms with Crippen LogP contribution in [0.4, 0.5) is 0 Å². The first-order chi connectivity index (χ1) is 8.79. The van der Waals surface area contributed by atoms with Gasteiger partial charge in [-0.2, -0.15) is 0 Å². The lowest BCUT2D eigenvalue weighted by Gasteiger charge is -2.18. The Morgan fingerprint density at radius 3 is 2.83 bits per heavy atom. The number of esters is 1. The molecule has 0 amide bonds. The lowest BCUT2D eigenvalue weighted by molar-refractivity contribution is -0.144. The van der Waals surface area contributed by atoms with Crippen LogP contribution in [-0.4, -0.2) is 17.8 Å². The molecule has 3 heteroatoms. The van der Waals surface area contributed by atoms with Crippen molar-refractivity contribution >= 4 is 17.7 Å². The first-order valence-electron chi connectivity index (χ1n) is 6.67. The van der Waals surface area contributed by atoms with Crippen LogP contribution in [0.2, 0.25) is 0 Å². The Kier molecular flexibility index (Phi) is 5.12. The molecule has 1 aromatic rings. The molecule has 0 aliphatic heterocycles. The van der Waals surface area contributed by atoms with Crippen LogP contribution in [0.5, 0.6) is 0 Å². The van der Waals surface area contributed by atoms with Gasteiger partial charge in [0.05, 0.1) is 6.61 Å². The van der Waals surface area contributed by atoms with E-state index in [0.717, 1.165) is 6.42 Å². The van der Waals surface area contributed by atoms with Gasteiger partial charge in [0.1, 0.15) is 0 Å². The second-order valence-electron chi connectivity index (χ2n) is 4.67. The minimum Gasteiger partial charge on any atom is -0.466 e. The maximum Gasteiger partial charge on any atom is 0.306 e. The molecule has 0 bridgehead atoms. The zero-order chi connectivity index (χ0) is 12.8. The molecule has 18 heavy (non-hydrogen) atoms. The zero-order valence-corrected chi connectivity index (χ0v) is 11.6. The molecule has 2 atom stereocenters. The topological polar surface area (TPSA) is 26.3 Å². The molecule has 0 heterocycles. The summed E-state index contributed by atoms with van der Waals surface area (Å²) >= 11 is 1.91. The van der Waals surface area contributed by atoms with Gasteiger partial charge < -0.3 is 4.74 Å². The fourth-order valence-corrected chi connectivity index (χ4v) is 3.87. The number of rotatable bonds is 5. The highest BCUT2D eigenvalue weighted by Gasteiger charge is 2.30. The Morgan fingerprint density at radius 2 is 2.11 bits per heavy atom. The zero-order valence-electron chi connectivity index (χ0n) is 10.8. The van der Waals surface area contributed by atoms with Gasteiger partial charge in [0.15, 0.2) is 0 Å². The number of ether oxygens (including phenoxy) is 1. The third-order valence-corrected chi connectivity index (χ3v) is 4.82. The Hall–Kier alpha value is -0.960. The molecule has 0 saturated heterocycles. The third-order valence-electron chi connectivity index (χ3n) is 3.35. The van der Waals surface area contributed by atoms with Gasteiger partial charge in [-0.3, -0.25) is 4.79 Å². The Labute approximate surface area is 113 Å². The van der Waals surface area contributed by atoms with E-state index in [9.17, 15) is 4.79 Å². The number of carbonyl (C=O) groups excluding carboxylic acids is 1. The standard InChI is InChI=1S/C15H20O2S/c1-2-17-15(16)11-12-7-6-10-14(12)18-13-8-4-3-5-9-13/h3-5,8-9,12,14H,2,6-7,10-11H2,1H3/t12-,14+/m1/s1. The first-order valence-corrected chi connectivity index (χ1v) is 7.55. The Bertz CT molecular complexity index is 377. The molecule has 1 fully saturated rings. The van der Waals surface area contributed by atoms with Crippen molar-refractivity contribution in [1.82, 2.24) is 0 Å². The van der Waals surface area contributed by atoms with E-state index in [0.29, 0.717) is 24.2 Å². The van der Waals surface area contributed by atoms with Gasteiger partial charge in [0.2, 0.25) is 0 Å². The molecular formula is C15H20O2S. The van der Waals surface area contributed by atoms with Crippen molar-refractivity contribution in [3.63, 3.8) is 0 Å². The van der Waals surface area contributed by atoms with Crippen molar-refractivity contribution in [2.24, 2.45) is 5.92 Å². The molecule has 2 nitrogen and oxygen atoms in total. The highest BCUT2D eigenvalue weighted by atomic mass is 32.2. The quantitative estimate of drug-likeness (QED) is 0.754. The Balaban J connectivity index is 1.89. The predicted molar refractivity (Wildman–Crippen MR) is 74.7 cm³/mol. The second kappa shape index (κ2) is 6.83. The van der Waals surface area contributed by atoms with E-state index in [2.05, 4.69) is 24.3 Å². The molecule has 1 saturated carbocycles. The minimum atomic E-state index is -0.0388. The van der Waals surface area contributed by atoms with Crippen LogP contribution in [0.25, 0.3) is 0 Å². The molecule has 0 unspecified atom stereocenters. The van der Waals surface area contributed by atoms with Crippen molar-refractivity contribution in [3.8, 4) is 0 Å². The third kappa shape index (κ3) is 3.77. The first kappa shape index (κ1) is 13.5. The fraction of sp³-hybridized carbons (Fsp3) is 0.533. The summed E-state index contributed by atoms with van der Waals surface area (Å²) in [5, 5.41) is 0.566. The van der Waals surface area contributed by atoms with Gasteiger partial charge in [-0.25, -0.2) is 0 Å². The highest BCUT2D eigenvalue weighted by Crippen LogP contribution is 2.40. The average molecular weight is 264 g/mol. The van der Waals surface area contributed by atoms with Gasteiger partial charge in [0, 0.05) is 16.6 Å². The lowest BCUT2D eigenvalue weighted by Crippen LogP contribution is -2.16. The van der Waals surface area contributed by atoms with E-state index in [1.54, 1.807) is 0 Å². The maximum atomic E-state index is 11.6. The summed E-state index contributed by atoms with van der Waals surface area (Å²) in [5.41, 5.74) is 0. The van der Waals surface area contributed by atoms with E-state index in [1.165, 1.54) is 17.7 Å². The maximum absolute atomic E-state index is 11.6. The molecule has 2 rings (SSSR count). The van der Waals surface area contributed by atoms with E-state index in [-0.39, 0.29) is 5.97 Å². The fourth-order valence-electron chi connectivity index (χ4n) is 2.50. The molecule has 0 N–H and O–H groups in total. The van der Waals surface area contributed by atoms with Crippen LogP contribution < -0.4 is 0 Å². The molecule has 0 aromatic heterocycles. The second-order valence-corrected chi connectivity index (χ2v) is 5.98. The summed E-state index contributed by atoms with van der Waals surface area (Å²) in [6.07, 6.45) is 4.18. The van der Waals surface area contributed by atoms with Crippen LogP contribution in [0.1, 0.15) is 32.6 Å². The van der Waals surface area contributed by atoms with Gasteiger partial charge >= 0.3 is 5.97 Å². The lowest BCUT2D eigenvalue weighted by atomic mass is 10.0. The van der Waals surface area contributed by atoms with Crippen molar-refractivity contribution in [2.75, 3.05) is 6.61 Å². The van der Waals surface area contributed by atoms with E-state index >= 15 is 0 Å². The summed E-state index contributed by atoms with van der Waals surface area (Å²) in [6, 6.07) is 10.5. The van der Waals surface area contributed by atoms with Crippen LogP contribution in [0.15, 0.2) is 35.2 Å².